The number of halogens is 1. The van der Waals surface area contributed by atoms with E-state index in [1.165, 1.54) is 12.1 Å². The smallest absolute Gasteiger partial charge is 0.372 e. The molecule has 1 aromatic carbocycles. The first-order chi connectivity index (χ1) is 8.09. The summed E-state index contributed by atoms with van der Waals surface area (Å²) >= 11 is 0. The minimum Gasteiger partial charge on any atom is -0.475 e. The van der Waals surface area contributed by atoms with Crippen molar-refractivity contribution in [3.8, 4) is 11.3 Å². The summed E-state index contributed by atoms with van der Waals surface area (Å²) < 4.78 is 13.5. The van der Waals surface area contributed by atoms with Gasteiger partial charge in [0.2, 0.25) is 11.6 Å². The van der Waals surface area contributed by atoms with Gasteiger partial charge in [-0.25, -0.2) is 9.78 Å². The zero-order valence-corrected chi connectivity index (χ0v) is 8.48. The number of nitrogens with one attached hydrogen (secondary N) is 1. The quantitative estimate of drug-likeness (QED) is 0.819. The summed E-state index contributed by atoms with van der Waals surface area (Å²) in [6.45, 7) is 0. The molecule has 0 saturated heterocycles. The first-order valence-electron chi connectivity index (χ1n) is 4.68. The number of hydrogen-bond donors (Lipinski definition) is 2. The molecule has 1 aromatic heterocycles. The van der Waals surface area contributed by atoms with Gasteiger partial charge in [-0.3, -0.25) is 9.78 Å². The third kappa shape index (κ3) is 2.05. The maximum atomic E-state index is 13.5. The van der Waals surface area contributed by atoms with Crippen molar-refractivity contribution < 1.29 is 14.3 Å². The molecule has 0 aliphatic carbocycles. The molecule has 1 heterocycles. The van der Waals surface area contributed by atoms with Crippen molar-refractivity contribution in [2.24, 2.45) is 0 Å². The SMILES string of the molecule is O=C(O)c1nc(-c2ccccc2)c(F)c(=O)[nH]1. The van der Waals surface area contributed by atoms with E-state index in [1.54, 1.807) is 18.2 Å². The van der Waals surface area contributed by atoms with Crippen molar-refractivity contribution in [2.75, 3.05) is 0 Å². The van der Waals surface area contributed by atoms with Crippen molar-refractivity contribution in [3.63, 3.8) is 0 Å². The Hall–Kier alpha value is -2.50. The fourth-order valence-electron chi connectivity index (χ4n) is 1.35. The standard InChI is InChI=1S/C11H7FN2O3/c12-7-8(6-4-2-1-3-5-6)13-9(11(16)17)14-10(7)15/h1-5H,(H,16,17)(H,13,14,15). The van der Waals surface area contributed by atoms with Crippen LogP contribution in [0.1, 0.15) is 10.6 Å². The zero-order chi connectivity index (χ0) is 12.4. The molecule has 17 heavy (non-hydrogen) atoms. The van der Waals surface area contributed by atoms with Gasteiger partial charge in [-0.1, -0.05) is 30.3 Å². The average Bonchev–Trinajstić information content (AvgIpc) is 2.33. The van der Waals surface area contributed by atoms with Crippen LogP contribution in [0.2, 0.25) is 0 Å². The number of carbonyl (C=O) groups is 1. The third-order valence-electron chi connectivity index (χ3n) is 2.11. The normalized spacial score (nSPS) is 10.2. The molecule has 5 nitrogen and oxygen atoms in total. The van der Waals surface area contributed by atoms with Crippen LogP contribution in [0.25, 0.3) is 11.3 Å². The summed E-state index contributed by atoms with van der Waals surface area (Å²) in [5.74, 6) is -3.10. The highest BCUT2D eigenvalue weighted by Crippen LogP contribution is 2.17. The molecule has 2 N–H and O–H groups in total. The number of aromatic amines is 1. The molecular weight excluding hydrogens is 227 g/mol. The Labute approximate surface area is 94.6 Å². The highest BCUT2D eigenvalue weighted by molar-refractivity contribution is 5.83. The third-order valence-corrected chi connectivity index (χ3v) is 2.11. The molecule has 2 aromatic rings. The molecule has 6 heteroatoms. The topological polar surface area (TPSA) is 83.0 Å². The number of hydrogen-bond acceptors (Lipinski definition) is 3. The fourth-order valence-corrected chi connectivity index (χ4v) is 1.35. The lowest BCUT2D eigenvalue weighted by molar-refractivity contribution is 0.0683. The van der Waals surface area contributed by atoms with Crippen LogP contribution in [0.4, 0.5) is 4.39 Å². The van der Waals surface area contributed by atoms with E-state index < -0.39 is 23.2 Å². The number of carboxylic acid groups (broad SMARTS) is 1. The van der Waals surface area contributed by atoms with Gasteiger partial charge in [0.25, 0.3) is 5.56 Å². The summed E-state index contributed by atoms with van der Waals surface area (Å²) in [6, 6.07) is 8.07. The first kappa shape index (κ1) is 11.0. The Morgan fingerprint density at radius 3 is 2.53 bits per heavy atom. The lowest BCUT2D eigenvalue weighted by atomic mass is 10.1. The van der Waals surface area contributed by atoms with Crippen LogP contribution in [0.15, 0.2) is 35.1 Å². The maximum Gasteiger partial charge on any atom is 0.372 e. The predicted octanol–water partition coefficient (Wildman–Crippen LogP) is 1.27. The molecule has 86 valence electrons. The molecule has 0 aliphatic rings. The Kier molecular flexibility index (Phi) is 2.70. The Bertz CT molecular complexity index is 622. The summed E-state index contributed by atoms with van der Waals surface area (Å²) in [5.41, 5.74) is -1.03. The van der Waals surface area contributed by atoms with Crippen molar-refractivity contribution in [3.05, 3.63) is 52.3 Å². The van der Waals surface area contributed by atoms with Crippen molar-refractivity contribution in [1.29, 1.82) is 0 Å². The number of benzene rings is 1. The minimum absolute atomic E-state index is 0.272. The molecule has 0 saturated carbocycles. The van der Waals surface area contributed by atoms with E-state index in [0.717, 1.165) is 0 Å². The van der Waals surface area contributed by atoms with E-state index in [1.807, 2.05) is 4.98 Å². The molecule has 0 fully saturated rings. The Morgan fingerprint density at radius 2 is 1.94 bits per heavy atom. The average molecular weight is 234 g/mol. The van der Waals surface area contributed by atoms with Crippen LogP contribution in [-0.2, 0) is 0 Å². The molecule has 0 bridgehead atoms. The van der Waals surface area contributed by atoms with E-state index in [2.05, 4.69) is 4.98 Å². The van der Waals surface area contributed by atoms with Gasteiger partial charge in [-0.05, 0) is 0 Å². The number of rotatable bonds is 2. The number of aromatic carboxylic acids is 1. The van der Waals surface area contributed by atoms with Gasteiger partial charge in [0.1, 0.15) is 5.69 Å². The number of aromatic nitrogens is 2. The molecule has 0 amide bonds. The lowest BCUT2D eigenvalue weighted by Crippen LogP contribution is -2.19. The van der Waals surface area contributed by atoms with Gasteiger partial charge < -0.3 is 5.11 Å². The molecule has 0 aliphatic heterocycles. The van der Waals surface area contributed by atoms with Gasteiger partial charge in [0, 0.05) is 5.56 Å². The number of H-pyrrole nitrogens is 1. The summed E-state index contributed by atoms with van der Waals surface area (Å²) in [7, 11) is 0. The Morgan fingerprint density at radius 1 is 1.29 bits per heavy atom. The van der Waals surface area contributed by atoms with Crippen LogP contribution >= 0.6 is 0 Å². The van der Waals surface area contributed by atoms with Gasteiger partial charge >= 0.3 is 5.97 Å². The van der Waals surface area contributed by atoms with Gasteiger partial charge in [0.15, 0.2) is 0 Å². The van der Waals surface area contributed by atoms with Gasteiger partial charge in [-0.2, -0.15) is 4.39 Å². The monoisotopic (exact) mass is 234 g/mol. The van der Waals surface area contributed by atoms with Crippen molar-refractivity contribution >= 4 is 5.97 Å². The van der Waals surface area contributed by atoms with Crippen LogP contribution in [0, 0.1) is 5.82 Å². The van der Waals surface area contributed by atoms with Crippen LogP contribution < -0.4 is 5.56 Å². The number of carboxylic acids is 1. The van der Waals surface area contributed by atoms with Gasteiger partial charge in [0.05, 0.1) is 0 Å². The maximum absolute atomic E-state index is 13.5. The van der Waals surface area contributed by atoms with Gasteiger partial charge in [-0.15, -0.1) is 0 Å². The predicted molar refractivity (Wildman–Crippen MR) is 57.2 cm³/mol. The highest BCUT2D eigenvalue weighted by Gasteiger charge is 2.15. The summed E-state index contributed by atoms with van der Waals surface area (Å²) in [4.78, 5) is 27.3. The molecule has 0 spiro atoms. The van der Waals surface area contributed by atoms with E-state index in [4.69, 9.17) is 5.11 Å². The minimum atomic E-state index is -1.42. The molecule has 0 atom stereocenters. The number of nitrogens with zero attached hydrogens (tertiary/aromatic N) is 1. The van der Waals surface area contributed by atoms with E-state index in [0.29, 0.717) is 5.56 Å². The Balaban J connectivity index is 2.69. The lowest BCUT2D eigenvalue weighted by Gasteiger charge is -2.02. The van der Waals surface area contributed by atoms with Crippen LogP contribution in [0.5, 0.6) is 0 Å². The fraction of sp³-hybridized carbons (Fsp3) is 0. The molecule has 0 radical (unpaired) electrons. The van der Waals surface area contributed by atoms with E-state index in [9.17, 15) is 14.0 Å². The van der Waals surface area contributed by atoms with Crippen LogP contribution in [0.3, 0.4) is 0 Å². The second-order valence-electron chi connectivity index (χ2n) is 3.25. The summed E-state index contributed by atoms with van der Waals surface area (Å²) in [6.07, 6.45) is 0. The van der Waals surface area contributed by atoms with Crippen molar-refractivity contribution in [1.82, 2.24) is 9.97 Å². The van der Waals surface area contributed by atoms with E-state index in [-0.39, 0.29) is 5.69 Å². The largest absolute Gasteiger partial charge is 0.475 e. The first-order valence-corrected chi connectivity index (χ1v) is 4.68. The second kappa shape index (κ2) is 4.17. The molecule has 2 rings (SSSR count). The zero-order valence-electron chi connectivity index (χ0n) is 8.48. The molecular formula is C11H7FN2O3. The van der Waals surface area contributed by atoms with Crippen molar-refractivity contribution in [2.45, 2.75) is 0 Å². The van der Waals surface area contributed by atoms with E-state index >= 15 is 0 Å². The second-order valence-corrected chi connectivity index (χ2v) is 3.25. The summed E-state index contributed by atoms with van der Waals surface area (Å²) in [5, 5.41) is 8.72. The highest BCUT2D eigenvalue weighted by atomic mass is 19.1. The molecule has 0 unspecified atom stereocenters. The van der Waals surface area contributed by atoms with Crippen LogP contribution in [-0.4, -0.2) is 21.0 Å².